The first-order valence-electron chi connectivity index (χ1n) is 21.4. The summed E-state index contributed by atoms with van der Waals surface area (Å²) in [6.07, 6.45) is 0.887. The lowest BCUT2D eigenvalue weighted by Crippen LogP contribution is -2.55. The molecular weight excluding hydrogens is 794 g/mol. The Kier molecular flexibility index (Phi) is 14.3. The molecule has 5 rings (SSSR count). The molecule has 2 atom stereocenters. The lowest BCUT2D eigenvalue weighted by molar-refractivity contribution is -0.130. The Morgan fingerprint density at radius 1 is 0.967 bits per heavy atom. The van der Waals surface area contributed by atoms with Gasteiger partial charge in [-0.15, -0.1) is 0 Å². The highest BCUT2D eigenvalue weighted by atomic mass is 28.4. The first kappa shape index (κ1) is 47.1. The van der Waals surface area contributed by atoms with Gasteiger partial charge < -0.3 is 29.0 Å². The number of nitrogens with zero attached hydrogens (tertiary/aromatic N) is 4. The van der Waals surface area contributed by atoms with Crippen molar-refractivity contribution in [2.24, 2.45) is 5.92 Å². The van der Waals surface area contributed by atoms with Crippen molar-refractivity contribution >= 4 is 38.0 Å². The fraction of sp³-hybridized carbons (Fsp3) is 0.553. The number of hydrogen-bond acceptors (Lipinski definition) is 8. The quantitative estimate of drug-likeness (QED) is 0.179. The predicted octanol–water partition coefficient (Wildman–Crippen LogP) is 9.00. The molecular formula is C47H66FN5O7Si. The molecule has 2 aromatic carbocycles. The van der Waals surface area contributed by atoms with E-state index in [1.807, 2.05) is 71.0 Å². The van der Waals surface area contributed by atoms with E-state index in [1.165, 1.54) is 24.1 Å². The molecule has 0 aliphatic carbocycles. The Morgan fingerprint density at radius 2 is 1.59 bits per heavy atom. The highest BCUT2D eigenvalue weighted by Crippen LogP contribution is 2.45. The number of halogens is 1. The van der Waals surface area contributed by atoms with Crippen LogP contribution in [0.5, 0.6) is 5.88 Å². The van der Waals surface area contributed by atoms with Crippen LogP contribution in [0.3, 0.4) is 0 Å². The minimum absolute atomic E-state index is 0.000537. The number of hydrogen-bond donors (Lipinski definition) is 1. The second-order valence-corrected chi connectivity index (χ2v) is 24.6. The molecule has 1 fully saturated rings. The number of likely N-dealkylation sites (tertiary alicyclic amines) is 1. The van der Waals surface area contributed by atoms with Crippen molar-refractivity contribution in [3.63, 3.8) is 0 Å². The number of fused-ring (bicyclic) bond motifs is 1. The molecule has 0 spiro atoms. The van der Waals surface area contributed by atoms with E-state index in [9.17, 15) is 18.8 Å². The highest BCUT2D eigenvalue weighted by Gasteiger charge is 2.45. The number of aromatic nitrogens is 1. The Morgan fingerprint density at radius 3 is 2.18 bits per heavy atom. The number of carbonyl (C=O) groups is 4. The zero-order valence-electron chi connectivity index (χ0n) is 38.2. The molecule has 61 heavy (non-hydrogen) atoms. The number of anilines is 1. The maximum Gasteiger partial charge on any atom is 0.410 e. The topological polar surface area (TPSA) is 131 Å². The number of likely N-dealkylation sites (N-methyl/N-ethyl adjacent to an activating group) is 1. The predicted molar refractivity (Wildman–Crippen MR) is 238 cm³/mol. The van der Waals surface area contributed by atoms with Gasteiger partial charge in [0.2, 0.25) is 17.7 Å². The number of ether oxygens (including phenoxy) is 2. The first-order chi connectivity index (χ1) is 28.3. The Bertz CT molecular complexity index is 2040. The molecule has 3 aromatic rings. The van der Waals surface area contributed by atoms with E-state index in [0.717, 1.165) is 16.7 Å². The van der Waals surface area contributed by atoms with Gasteiger partial charge >= 0.3 is 12.2 Å². The van der Waals surface area contributed by atoms with Crippen molar-refractivity contribution in [3.05, 3.63) is 88.9 Å². The fourth-order valence-electron chi connectivity index (χ4n) is 7.28. The molecule has 2 aliphatic heterocycles. The minimum atomic E-state index is -2.38. The fourth-order valence-corrected chi connectivity index (χ4v) is 8.25. The van der Waals surface area contributed by atoms with Crippen LogP contribution in [0, 0.1) is 11.7 Å². The summed E-state index contributed by atoms with van der Waals surface area (Å²) in [7, 11) is -0.880. The van der Waals surface area contributed by atoms with Crippen molar-refractivity contribution in [3.8, 4) is 5.88 Å². The van der Waals surface area contributed by atoms with Crippen molar-refractivity contribution in [1.29, 1.82) is 0 Å². The van der Waals surface area contributed by atoms with Crippen LogP contribution in [-0.4, -0.2) is 91.5 Å². The van der Waals surface area contributed by atoms with Crippen LogP contribution in [-0.2, 0) is 37.5 Å². The molecule has 0 bridgehead atoms. The Labute approximate surface area is 362 Å². The standard InChI is InChI=1S/C47H66FN5O7Si/c1-31(51(10)43(56)58-29-34-16-14-13-15-17-34)40(54)49-37(27-33-22-24-52(25-23-33)44(57)59-45(2,3)4)42(55)53-30-47(8,9)39-38(53)28-35(26-32-18-20-36(48)21-19-32)41(50-39)60-61(11,12)46(5,6)7/h13-21,28,31,33,37H,22-27,29-30H2,1-12H3,(H,49,54)/t31-,37-/m0/s1. The van der Waals surface area contributed by atoms with E-state index < -0.39 is 43.4 Å². The van der Waals surface area contributed by atoms with Crippen molar-refractivity contribution in [2.45, 2.75) is 136 Å². The molecule has 12 nitrogen and oxygen atoms in total. The molecule has 1 saturated heterocycles. The van der Waals surface area contributed by atoms with Gasteiger partial charge in [0.25, 0.3) is 8.32 Å². The molecule has 0 unspecified atom stereocenters. The molecule has 1 N–H and O–H groups in total. The summed E-state index contributed by atoms with van der Waals surface area (Å²) in [4.78, 5) is 65.0. The maximum atomic E-state index is 15.1. The van der Waals surface area contributed by atoms with E-state index in [4.69, 9.17) is 18.9 Å². The number of amides is 4. The summed E-state index contributed by atoms with van der Waals surface area (Å²) in [5.74, 6) is -0.631. The maximum absolute atomic E-state index is 15.1. The van der Waals surface area contributed by atoms with Gasteiger partial charge in [-0.3, -0.25) is 14.5 Å². The van der Waals surface area contributed by atoms with Crippen molar-refractivity contribution in [1.82, 2.24) is 20.1 Å². The Balaban J connectivity index is 1.45. The number of pyridine rings is 1. The molecule has 1 aromatic heterocycles. The summed E-state index contributed by atoms with van der Waals surface area (Å²) in [5, 5.41) is 2.92. The molecule has 3 heterocycles. The molecule has 0 radical (unpaired) electrons. The SMILES string of the molecule is C[C@@H](C(=O)N[C@@H](CC1CCN(C(=O)OC(C)(C)C)CC1)C(=O)N1CC(C)(C)c2nc(O[Si](C)(C)C(C)(C)C)c(Cc3ccc(F)cc3)cc21)N(C)C(=O)OCc1ccccc1. The summed E-state index contributed by atoms with van der Waals surface area (Å²) in [6, 6.07) is 15.6. The zero-order valence-corrected chi connectivity index (χ0v) is 39.2. The van der Waals surface area contributed by atoms with Gasteiger partial charge in [-0.1, -0.05) is 77.1 Å². The van der Waals surface area contributed by atoms with Crippen LogP contribution in [0.15, 0.2) is 60.7 Å². The lowest BCUT2D eigenvalue weighted by Gasteiger charge is -2.37. The molecule has 0 saturated carbocycles. The number of carbonyl (C=O) groups excluding carboxylic acids is 4. The first-order valence-corrected chi connectivity index (χ1v) is 24.3. The van der Waals surface area contributed by atoms with E-state index >= 15 is 4.79 Å². The van der Waals surface area contributed by atoms with Gasteiger partial charge in [-0.2, -0.15) is 0 Å². The van der Waals surface area contributed by atoms with Crippen LogP contribution < -0.4 is 14.6 Å². The molecule has 4 amide bonds. The van der Waals surface area contributed by atoms with Crippen molar-refractivity contribution in [2.75, 3.05) is 31.6 Å². The highest BCUT2D eigenvalue weighted by molar-refractivity contribution is 6.74. The third-order valence-electron chi connectivity index (χ3n) is 12.2. The van der Waals surface area contributed by atoms with Gasteiger partial charge in [-0.05, 0) is 100 Å². The molecule has 332 valence electrons. The summed E-state index contributed by atoms with van der Waals surface area (Å²) < 4.78 is 32.0. The third-order valence-corrected chi connectivity index (χ3v) is 16.5. The molecule has 2 aliphatic rings. The van der Waals surface area contributed by atoms with Crippen LogP contribution >= 0.6 is 0 Å². The number of piperidine rings is 1. The van der Waals surface area contributed by atoms with Crippen LogP contribution in [0.25, 0.3) is 0 Å². The van der Waals surface area contributed by atoms with E-state index in [2.05, 4.69) is 39.2 Å². The largest absolute Gasteiger partial charge is 0.530 e. The van der Waals surface area contributed by atoms with E-state index in [1.54, 1.807) is 28.9 Å². The second-order valence-electron chi connectivity index (χ2n) is 19.8. The van der Waals surface area contributed by atoms with Gasteiger partial charge in [0.05, 0.1) is 11.4 Å². The van der Waals surface area contributed by atoms with E-state index in [-0.39, 0.29) is 35.4 Å². The molecule has 14 heteroatoms. The lowest BCUT2D eigenvalue weighted by atomic mass is 9.89. The average Bonchev–Trinajstić information content (AvgIpc) is 3.44. The third kappa shape index (κ3) is 11.9. The number of rotatable bonds is 12. The minimum Gasteiger partial charge on any atom is -0.530 e. The van der Waals surface area contributed by atoms with Gasteiger partial charge in [-0.25, -0.2) is 19.0 Å². The zero-order chi connectivity index (χ0) is 45.1. The summed E-state index contributed by atoms with van der Waals surface area (Å²) in [5.41, 5.74) is 2.58. The summed E-state index contributed by atoms with van der Waals surface area (Å²) >= 11 is 0. The van der Waals surface area contributed by atoms with Gasteiger partial charge in [0.15, 0.2) is 0 Å². The van der Waals surface area contributed by atoms with Crippen LogP contribution in [0.1, 0.15) is 104 Å². The average molecular weight is 860 g/mol. The number of nitrogens with one attached hydrogen (secondary N) is 1. The van der Waals surface area contributed by atoms with Crippen molar-refractivity contribution < 1.29 is 37.5 Å². The van der Waals surface area contributed by atoms with Crippen LogP contribution in [0.2, 0.25) is 18.1 Å². The van der Waals surface area contributed by atoms with Gasteiger partial charge in [0.1, 0.15) is 30.1 Å². The van der Waals surface area contributed by atoms with Crippen LogP contribution in [0.4, 0.5) is 19.7 Å². The Hall–Kier alpha value is -4.98. The normalized spacial score (nSPS) is 16.6. The van der Waals surface area contributed by atoms with E-state index in [0.29, 0.717) is 62.6 Å². The van der Waals surface area contributed by atoms with Gasteiger partial charge in [0, 0.05) is 44.1 Å². The smallest absolute Gasteiger partial charge is 0.410 e. The summed E-state index contributed by atoms with van der Waals surface area (Å²) in [6.45, 7) is 23.3. The second kappa shape index (κ2) is 18.6. The monoisotopic (exact) mass is 859 g/mol. The number of benzene rings is 2.